The van der Waals surface area contributed by atoms with Gasteiger partial charge in [0.15, 0.2) is 5.96 Å². The number of aryl methyl sites for hydroxylation is 2. The molecule has 0 aliphatic rings. The quantitative estimate of drug-likeness (QED) is 0.359. The molecule has 2 N–H and O–H groups in total. The van der Waals surface area contributed by atoms with E-state index in [9.17, 15) is 0 Å². The van der Waals surface area contributed by atoms with Crippen molar-refractivity contribution in [1.82, 2.24) is 20.4 Å². The smallest absolute Gasteiger partial charge is 0.191 e. The lowest BCUT2D eigenvalue weighted by Crippen LogP contribution is -2.40. The fourth-order valence-electron chi connectivity index (χ4n) is 3.26. The minimum absolute atomic E-state index is 0.271. The highest BCUT2D eigenvalue weighted by Gasteiger charge is 2.14. The third-order valence-electron chi connectivity index (χ3n) is 4.72. The van der Waals surface area contributed by atoms with Crippen molar-refractivity contribution in [3.63, 3.8) is 0 Å². The zero-order valence-electron chi connectivity index (χ0n) is 16.7. The van der Waals surface area contributed by atoms with Crippen molar-refractivity contribution in [1.29, 1.82) is 0 Å². The topological polar surface area (TPSA) is 54.2 Å². The van der Waals surface area contributed by atoms with E-state index >= 15 is 0 Å². The van der Waals surface area contributed by atoms with Gasteiger partial charge >= 0.3 is 0 Å². The van der Waals surface area contributed by atoms with Crippen molar-refractivity contribution in [2.45, 2.75) is 25.8 Å². The first-order valence-corrected chi connectivity index (χ1v) is 9.79. The van der Waals surface area contributed by atoms with Gasteiger partial charge in [0, 0.05) is 38.8 Å². The van der Waals surface area contributed by atoms with Crippen LogP contribution in [0.1, 0.15) is 29.0 Å². The van der Waals surface area contributed by atoms with Crippen LogP contribution in [0.5, 0.6) is 0 Å². The van der Waals surface area contributed by atoms with Crippen LogP contribution < -0.4 is 10.6 Å². The standard InChI is InChI=1S/C23H29N5/c1-19-16-27-28(18-19)15-9-14-25-23(24-2)26-17-22(20-10-5-3-6-11-20)21-12-7-4-8-13-21/h3-8,10-13,16,18,22H,9,14-15,17H2,1-2H3,(H2,24,25,26). The highest BCUT2D eigenvalue weighted by Crippen LogP contribution is 2.23. The predicted octanol–water partition coefficient (Wildman–Crippen LogP) is 3.58. The second kappa shape index (κ2) is 10.3. The van der Waals surface area contributed by atoms with Gasteiger partial charge in [-0.3, -0.25) is 9.67 Å². The van der Waals surface area contributed by atoms with Gasteiger partial charge in [0.25, 0.3) is 0 Å². The number of guanidine groups is 1. The molecule has 0 bridgehead atoms. The average molecular weight is 376 g/mol. The van der Waals surface area contributed by atoms with Crippen LogP contribution in [0, 0.1) is 6.92 Å². The van der Waals surface area contributed by atoms with Crippen molar-refractivity contribution >= 4 is 5.96 Å². The van der Waals surface area contributed by atoms with E-state index in [-0.39, 0.29) is 5.92 Å². The molecule has 0 atom stereocenters. The first kappa shape index (κ1) is 19.7. The Labute approximate surface area is 167 Å². The lowest BCUT2D eigenvalue weighted by Gasteiger charge is -2.20. The summed E-state index contributed by atoms with van der Waals surface area (Å²) in [7, 11) is 1.81. The van der Waals surface area contributed by atoms with Crippen LogP contribution in [0.3, 0.4) is 0 Å². The highest BCUT2D eigenvalue weighted by molar-refractivity contribution is 5.79. The Morgan fingerprint density at radius 2 is 1.64 bits per heavy atom. The van der Waals surface area contributed by atoms with Gasteiger partial charge in [0.05, 0.1) is 6.20 Å². The van der Waals surface area contributed by atoms with Crippen LogP contribution in [0.2, 0.25) is 0 Å². The number of nitrogens with zero attached hydrogens (tertiary/aromatic N) is 3. The van der Waals surface area contributed by atoms with Gasteiger partial charge in [0.1, 0.15) is 0 Å². The van der Waals surface area contributed by atoms with Crippen molar-refractivity contribution in [3.05, 3.63) is 89.7 Å². The molecule has 2 aromatic carbocycles. The van der Waals surface area contributed by atoms with Gasteiger partial charge in [-0.25, -0.2) is 0 Å². The van der Waals surface area contributed by atoms with Crippen LogP contribution >= 0.6 is 0 Å². The van der Waals surface area contributed by atoms with Crippen molar-refractivity contribution in [3.8, 4) is 0 Å². The van der Waals surface area contributed by atoms with E-state index in [0.29, 0.717) is 0 Å². The SMILES string of the molecule is CN=C(NCCCn1cc(C)cn1)NCC(c1ccccc1)c1ccccc1. The maximum atomic E-state index is 4.37. The maximum Gasteiger partial charge on any atom is 0.191 e. The molecule has 1 heterocycles. The Morgan fingerprint density at radius 3 is 2.18 bits per heavy atom. The molecule has 0 unspecified atom stereocenters. The Kier molecular flexibility index (Phi) is 7.24. The van der Waals surface area contributed by atoms with E-state index in [1.165, 1.54) is 16.7 Å². The van der Waals surface area contributed by atoms with E-state index in [1.807, 2.05) is 17.9 Å². The summed E-state index contributed by atoms with van der Waals surface area (Å²) in [6, 6.07) is 21.2. The third-order valence-corrected chi connectivity index (χ3v) is 4.72. The van der Waals surface area contributed by atoms with Crippen LogP contribution in [-0.2, 0) is 6.54 Å². The largest absolute Gasteiger partial charge is 0.356 e. The summed E-state index contributed by atoms with van der Waals surface area (Å²) in [5, 5.41) is 11.2. The molecule has 0 fully saturated rings. The van der Waals surface area contributed by atoms with Crippen molar-refractivity contribution < 1.29 is 0 Å². The summed E-state index contributed by atoms with van der Waals surface area (Å²) < 4.78 is 1.98. The summed E-state index contributed by atoms with van der Waals surface area (Å²) >= 11 is 0. The third kappa shape index (κ3) is 5.71. The van der Waals surface area contributed by atoms with Gasteiger partial charge < -0.3 is 10.6 Å². The molecule has 5 heteroatoms. The summed E-state index contributed by atoms with van der Waals surface area (Å²) in [6.45, 7) is 4.59. The molecule has 28 heavy (non-hydrogen) atoms. The molecule has 3 aromatic rings. The number of rotatable bonds is 8. The Bertz CT molecular complexity index is 815. The fraction of sp³-hybridized carbons (Fsp3) is 0.304. The molecular formula is C23H29N5. The predicted molar refractivity (Wildman–Crippen MR) is 116 cm³/mol. The molecule has 0 radical (unpaired) electrons. The summed E-state index contributed by atoms with van der Waals surface area (Å²) in [5.41, 5.74) is 3.79. The molecule has 0 saturated carbocycles. The van der Waals surface area contributed by atoms with Crippen molar-refractivity contribution in [2.75, 3.05) is 20.1 Å². The molecular weight excluding hydrogens is 346 g/mol. The zero-order valence-corrected chi connectivity index (χ0v) is 16.7. The van der Waals surface area contributed by atoms with E-state index in [2.05, 4.69) is 94.5 Å². The normalized spacial score (nSPS) is 11.6. The number of aliphatic imine (C=N–C) groups is 1. The maximum absolute atomic E-state index is 4.37. The highest BCUT2D eigenvalue weighted by atomic mass is 15.3. The molecule has 0 aliphatic heterocycles. The molecule has 5 nitrogen and oxygen atoms in total. The number of hydrogen-bond acceptors (Lipinski definition) is 2. The lowest BCUT2D eigenvalue weighted by atomic mass is 9.91. The fourth-order valence-corrected chi connectivity index (χ4v) is 3.26. The molecule has 0 amide bonds. The lowest BCUT2D eigenvalue weighted by molar-refractivity contribution is 0.569. The van der Waals surface area contributed by atoms with E-state index in [0.717, 1.165) is 32.0 Å². The summed E-state index contributed by atoms with van der Waals surface area (Å²) in [4.78, 5) is 4.37. The summed E-state index contributed by atoms with van der Waals surface area (Å²) in [5.74, 6) is 1.10. The molecule has 1 aromatic heterocycles. The number of benzene rings is 2. The van der Waals surface area contributed by atoms with E-state index in [4.69, 9.17) is 0 Å². The Morgan fingerprint density at radius 1 is 1.00 bits per heavy atom. The Balaban J connectivity index is 1.54. The average Bonchev–Trinajstić information content (AvgIpc) is 3.16. The second-order valence-electron chi connectivity index (χ2n) is 6.89. The van der Waals surface area contributed by atoms with Gasteiger partial charge in [-0.1, -0.05) is 60.7 Å². The monoisotopic (exact) mass is 375 g/mol. The summed E-state index contributed by atoms with van der Waals surface area (Å²) in [6.07, 6.45) is 4.95. The molecule has 3 rings (SSSR count). The van der Waals surface area contributed by atoms with Gasteiger partial charge in [0.2, 0.25) is 0 Å². The second-order valence-corrected chi connectivity index (χ2v) is 6.89. The minimum Gasteiger partial charge on any atom is -0.356 e. The van der Waals surface area contributed by atoms with Gasteiger partial charge in [-0.15, -0.1) is 0 Å². The molecule has 0 saturated heterocycles. The molecule has 146 valence electrons. The van der Waals surface area contributed by atoms with Crippen molar-refractivity contribution in [2.24, 2.45) is 4.99 Å². The molecule has 0 aliphatic carbocycles. The minimum atomic E-state index is 0.271. The first-order chi connectivity index (χ1) is 13.8. The van der Waals surface area contributed by atoms with Gasteiger partial charge in [-0.2, -0.15) is 5.10 Å². The van der Waals surface area contributed by atoms with Crippen LogP contribution in [-0.4, -0.2) is 35.9 Å². The Hall–Kier alpha value is -3.08. The molecule has 0 spiro atoms. The first-order valence-electron chi connectivity index (χ1n) is 9.79. The van der Waals surface area contributed by atoms with Crippen LogP contribution in [0.15, 0.2) is 78.0 Å². The zero-order chi connectivity index (χ0) is 19.6. The van der Waals surface area contributed by atoms with Crippen LogP contribution in [0.4, 0.5) is 0 Å². The van der Waals surface area contributed by atoms with Gasteiger partial charge in [-0.05, 0) is 30.0 Å². The number of nitrogens with one attached hydrogen (secondary N) is 2. The van der Waals surface area contributed by atoms with E-state index in [1.54, 1.807) is 0 Å². The van der Waals surface area contributed by atoms with Crippen LogP contribution in [0.25, 0.3) is 0 Å². The number of hydrogen-bond donors (Lipinski definition) is 2. The number of aromatic nitrogens is 2. The van der Waals surface area contributed by atoms with E-state index < -0.39 is 0 Å².